The molecule has 0 saturated heterocycles. The summed E-state index contributed by atoms with van der Waals surface area (Å²) in [4.78, 5) is 0. The van der Waals surface area contributed by atoms with Crippen LogP contribution in [0.3, 0.4) is 0 Å². The highest BCUT2D eigenvalue weighted by molar-refractivity contribution is 8.24. The summed E-state index contributed by atoms with van der Waals surface area (Å²) in [5.74, 6) is -3.44. The van der Waals surface area contributed by atoms with Crippen LogP contribution in [0.25, 0.3) is 0 Å². The van der Waals surface area contributed by atoms with Crippen molar-refractivity contribution in [3.63, 3.8) is 0 Å². The largest absolute Gasteiger partial charge is 0.499 e. The van der Waals surface area contributed by atoms with E-state index in [0.29, 0.717) is 0 Å². The molecule has 1 rings (SSSR count). The Hall–Kier alpha value is -0.850. The van der Waals surface area contributed by atoms with Gasteiger partial charge in [0.1, 0.15) is 17.6 Å². The average molecular weight is 554 g/mol. The number of alkyl halides is 10. The van der Waals surface area contributed by atoms with E-state index < -0.39 is 86.2 Å². The number of hydrogen-bond donors (Lipinski definition) is 0. The highest BCUT2D eigenvalue weighted by Gasteiger charge is 2.72. The molecule has 0 spiro atoms. The van der Waals surface area contributed by atoms with Gasteiger partial charge in [-0.3, -0.25) is 0 Å². The van der Waals surface area contributed by atoms with Crippen molar-refractivity contribution >= 4 is 29.5 Å². The van der Waals surface area contributed by atoms with Crippen LogP contribution in [0, 0.1) is 11.8 Å². The summed E-state index contributed by atoms with van der Waals surface area (Å²) in [6.45, 7) is 2.35. The van der Waals surface area contributed by atoms with Crippen LogP contribution in [0.2, 0.25) is 0 Å². The third kappa shape index (κ3) is 4.56. The summed E-state index contributed by atoms with van der Waals surface area (Å²) in [5.41, 5.74) is -13.9. The smallest absolute Gasteiger partial charge is 0.244 e. The molecule has 1 aliphatic carbocycles. The first-order chi connectivity index (χ1) is 14.0. The molecule has 0 aliphatic heterocycles. The van der Waals surface area contributed by atoms with Crippen molar-refractivity contribution in [3.8, 4) is 0 Å². The molecular weight excluding hydrogens is 538 g/mol. The van der Waals surface area contributed by atoms with E-state index in [2.05, 4.69) is 0 Å². The van der Waals surface area contributed by atoms with Gasteiger partial charge in [0.25, 0.3) is 23.6 Å². The van der Waals surface area contributed by atoms with Crippen LogP contribution in [0.15, 0.2) is 0 Å². The van der Waals surface area contributed by atoms with Crippen LogP contribution in [0.5, 0.6) is 0 Å². The van der Waals surface area contributed by atoms with E-state index in [1.54, 1.807) is 0 Å². The minimum absolute atomic E-state index is 0.143. The van der Waals surface area contributed by atoms with Gasteiger partial charge in [-0.25, -0.2) is 42.8 Å². The highest BCUT2D eigenvalue weighted by Crippen LogP contribution is 2.46. The van der Waals surface area contributed by atoms with E-state index in [0.717, 1.165) is 6.92 Å². The summed E-state index contributed by atoms with van der Waals surface area (Å²) in [7, 11) is -23.0. The van der Waals surface area contributed by atoms with Crippen molar-refractivity contribution < 1.29 is 69.2 Å². The van der Waals surface area contributed by atoms with E-state index in [4.69, 9.17) is 0 Å². The Balaban J connectivity index is 3.87. The third-order valence-corrected chi connectivity index (χ3v) is 13.8. The molecule has 0 aromatic heterocycles. The lowest BCUT2D eigenvalue weighted by Crippen LogP contribution is -2.63. The summed E-state index contributed by atoms with van der Waals surface area (Å²) < 4.78 is 200. The molecule has 0 aromatic carbocycles. The molecule has 1 saturated carbocycles. The Labute approximate surface area is 176 Å². The second kappa shape index (κ2) is 8.74. The van der Waals surface area contributed by atoms with Crippen molar-refractivity contribution in [1.82, 2.24) is 0 Å². The number of rotatable bonds is 6. The van der Waals surface area contributed by atoms with Gasteiger partial charge in [0.15, 0.2) is 22.2 Å². The van der Waals surface area contributed by atoms with E-state index in [1.807, 2.05) is 0 Å². The second-order valence-electron chi connectivity index (χ2n) is 7.06. The summed E-state index contributed by atoms with van der Waals surface area (Å²) in [5, 5.41) is -4.13. The van der Waals surface area contributed by atoms with Crippen molar-refractivity contribution in [2.24, 2.45) is 11.8 Å². The fraction of sp³-hybridized carbons (Fsp3) is 1.00. The second-order valence-corrected chi connectivity index (χ2v) is 14.2. The Kier molecular flexibility index (Phi) is 7.97. The van der Waals surface area contributed by atoms with E-state index >= 15 is 0 Å². The van der Waals surface area contributed by atoms with Gasteiger partial charge < -0.3 is 0 Å². The van der Waals surface area contributed by atoms with Gasteiger partial charge in [0.05, 0.1) is 0 Å². The van der Waals surface area contributed by atoms with Crippen molar-refractivity contribution in [2.45, 2.75) is 65.1 Å². The SMILES string of the molecule is CCC(C)C1C(F)C(F)C(S(=O)(=O)C(S(=O)(=O)C(F)(F)F)S(=O)(=O)C(F)(F)F)C(F)C1F. The van der Waals surface area contributed by atoms with Gasteiger partial charge in [-0.1, -0.05) is 20.3 Å². The molecule has 1 aliphatic rings. The zero-order valence-electron chi connectivity index (χ0n) is 15.8. The molecule has 5 unspecified atom stereocenters. The molecule has 0 aromatic rings. The zero-order valence-corrected chi connectivity index (χ0v) is 18.2. The van der Waals surface area contributed by atoms with Crippen LogP contribution in [-0.4, -0.2) is 70.1 Å². The summed E-state index contributed by atoms with van der Waals surface area (Å²) in [6, 6.07) is 0. The average Bonchev–Trinajstić information content (AvgIpc) is 2.57. The highest BCUT2D eigenvalue weighted by atomic mass is 32.3. The van der Waals surface area contributed by atoms with Gasteiger partial charge in [-0.15, -0.1) is 0 Å². The van der Waals surface area contributed by atoms with Gasteiger partial charge >= 0.3 is 11.0 Å². The van der Waals surface area contributed by atoms with Crippen LogP contribution in [-0.2, 0) is 29.5 Å². The Morgan fingerprint density at radius 1 is 0.688 bits per heavy atom. The maximum absolute atomic E-state index is 14.5. The maximum Gasteiger partial charge on any atom is 0.499 e. The number of halogens is 10. The Morgan fingerprint density at radius 2 is 1.00 bits per heavy atom. The first-order valence-electron chi connectivity index (χ1n) is 8.38. The maximum atomic E-state index is 14.5. The minimum Gasteiger partial charge on any atom is -0.244 e. The normalized spacial score (nSPS) is 32.2. The fourth-order valence-corrected chi connectivity index (χ4v) is 11.2. The number of hydrogen-bond acceptors (Lipinski definition) is 6. The van der Waals surface area contributed by atoms with Crippen molar-refractivity contribution in [1.29, 1.82) is 0 Å². The minimum atomic E-state index is -7.88. The molecule has 6 nitrogen and oxygen atoms in total. The molecule has 0 N–H and O–H groups in total. The third-order valence-electron chi connectivity index (χ3n) is 5.07. The molecule has 19 heteroatoms. The fourth-order valence-electron chi connectivity index (χ4n) is 3.27. The van der Waals surface area contributed by atoms with Crippen LogP contribution in [0.1, 0.15) is 20.3 Å². The molecule has 32 heavy (non-hydrogen) atoms. The zero-order chi connectivity index (χ0) is 25.8. The van der Waals surface area contributed by atoms with Crippen molar-refractivity contribution in [2.75, 3.05) is 0 Å². The van der Waals surface area contributed by atoms with Crippen LogP contribution >= 0.6 is 0 Å². The Bertz CT molecular complexity index is 944. The molecule has 5 atom stereocenters. The first kappa shape index (κ1) is 29.2. The van der Waals surface area contributed by atoms with Gasteiger partial charge in [-0.05, 0) is 5.92 Å². The quantitative estimate of drug-likeness (QED) is 0.468. The summed E-state index contributed by atoms with van der Waals surface area (Å²) >= 11 is 0. The topological polar surface area (TPSA) is 102 Å². The van der Waals surface area contributed by atoms with Gasteiger partial charge in [0, 0.05) is 5.92 Å². The standard InChI is InChI=1S/C13H16F10O6S3/c1-3-4(2)5-6(14)8(16)10(9(17)7(5)15)30(24,25)11(31(26,27)12(18,19)20)32(28,29)13(21,22)23/h4-11H,3H2,1-2H3. The monoisotopic (exact) mass is 554 g/mol. The molecule has 0 amide bonds. The lowest BCUT2D eigenvalue weighted by atomic mass is 9.75. The van der Waals surface area contributed by atoms with E-state index in [-0.39, 0.29) is 6.42 Å². The molecule has 1 fully saturated rings. The van der Waals surface area contributed by atoms with Crippen LogP contribution in [0.4, 0.5) is 43.9 Å². The number of sulfone groups is 3. The molecule has 192 valence electrons. The molecule has 0 heterocycles. The predicted molar refractivity (Wildman–Crippen MR) is 89.0 cm³/mol. The molecular formula is C13H16F10O6S3. The Morgan fingerprint density at radius 3 is 1.25 bits per heavy atom. The van der Waals surface area contributed by atoms with Crippen molar-refractivity contribution in [3.05, 3.63) is 0 Å². The molecule has 0 radical (unpaired) electrons. The lowest BCUT2D eigenvalue weighted by molar-refractivity contribution is -0.0545. The van der Waals surface area contributed by atoms with Gasteiger partial charge in [-0.2, -0.15) is 26.3 Å². The first-order valence-corrected chi connectivity index (χ1v) is 13.1. The van der Waals surface area contributed by atoms with Gasteiger partial charge in [0.2, 0.25) is 0 Å². The molecule has 0 bridgehead atoms. The van der Waals surface area contributed by atoms with Crippen LogP contribution < -0.4 is 0 Å². The predicted octanol–water partition coefficient (Wildman–Crippen LogP) is 2.95. The summed E-state index contributed by atoms with van der Waals surface area (Å²) in [6.07, 6.45) is -14.6. The van der Waals surface area contributed by atoms with E-state index in [9.17, 15) is 69.2 Å². The van der Waals surface area contributed by atoms with E-state index in [1.165, 1.54) is 6.92 Å². The lowest BCUT2D eigenvalue weighted by Gasteiger charge is -2.42.